The molecule has 17 heavy (non-hydrogen) atoms. The van der Waals surface area contributed by atoms with Crippen LogP contribution in [0.25, 0.3) is 21.5 Å². The van der Waals surface area contributed by atoms with Crippen LogP contribution < -0.4 is 0 Å². The molecule has 0 fully saturated rings. The van der Waals surface area contributed by atoms with Crippen LogP contribution in [-0.2, 0) is 0 Å². The molecule has 0 atom stereocenters. The van der Waals surface area contributed by atoms with Gasteiger partial charge in [-0.3, -0.25) is 0 Å². The van der Waals surface area contributed by atoms with Gasteiger partial charge < -0.3 is 9.63 Å². The average Bonchev–Trinajstić information content (AvgIpc) is 2.97. The second-order valence-electron chi connectivity index (χ2n) is 3.39. The fourth-order valence-corrected chi connectivity index (χ4v) is 2.39. The lowest BCUT2D eigenvalue weighted by Gasteiger charge is -1.95. The molecule has 0 unspecified atom stereocenters. The molecule has 0 saturated heterocycles. The molecule has 0 aliphatic carbocycles. The van der Waals surface area contributed by atoms with Crippen LogP contribution in [0.1, 0.15) is 10.5 Å². The van der Waals surface area contributed by atoms with Gasteiger partial charge in [0.05, 0.1) is 15.7 Å². The van der Waals surface area contributed by atoms with E-state index in [1.165, 1.54) is 17.4 Å². The molecule has 0 radical (unpaired) electrons. The van der Waals surface area contributed by atoms with Crippen LogP contribution in [0.15, 0.2) is 34.3 Å². The fourth-order valence-electron chi connectivity index (χ4n) is 1.58. The number of carbonyl (C=O) groups is 1. The summed E-state index contributed by atoms with van der Waals surface area (Å²) in [5.74, 6) is -0.659. The van der Waals surface area contributed by atoms with Crippen LogP contribution in [0.2, 0.25) is 0 Å². The number of carboxylic acid groups (broad SMARTS) is 1. The molecular weight excluding hydrogens is 240 g/mol. The topological polar surface area (TPSA) is 76.2 Å². The van der Waals surface area contributed by atoms with Crippen LogP contribution in [-0.4, -0.2) is 21.2 Å². The maximum absolute atomic E-state index is 10.7. The Kier molecular flexibility index (Phi) is 2.15. The molecule has 1 aromatic carbocycles. The molecule has 3 rings (SSSR count). The van der Waals surface area contributed by atoms with Crippen molar-refractivity contribution in [2.24, 2.45) is 0 Å². The van der Waals surface area contributed by atoms with Gasteiger partial charge in [-0.05, 0) is 12.1 Å². The van der Waals surface area contributed by atoms with Crippen molar-refractivity contribution < 1.29 is 14.4 Å². The van der Waals surface area contributed by atoms with Crippen molar-refractivity contribution >= 4 is 27.5 Å². The smallest absolute Gasteiger partial charge is 0.358 e. The Balaban J connectivity index is 2.19. The highest BCUT2D eigenvalue weighted by molar-refractivity contribution is 7.17. The molecule has 3 aromatic rings. The van der Waals surface area contributed by atoms with Gasteiger partial charge in [0.1, 0.15) is 0 Å². The summed E-state index contributed by atoms with van der Waals surface area (Å²) in [4.78, 5) is 14.9. The number of aromatic nitrogens is 2. The predicted octanol–water partition coefficient (Wildman–Crippen LogP) is 2.65. The summed E-state index contributed by atoms with van der Waals surface area (Å²) in [6, 6.07) is 7.01. The molecule has 84 valence electrons. The molecule has 5 nitrogen and oxygen atoms in total. The van der Waals surface area contributed by atoms with E-state index in [0.29, 0.717) is 5.76 Å². The van der Waals surface area contributed by atoms with Crippen molar-refractivity contribution in [1.82, 2.24) is 10.1 Å². The molecule has 2 heterocycles. The van der Waals surface area contributed by atoms with Crippen LogP contribution in [0, 0.1) is 0 Å². The normalized spacial score (nSPS) is 10.8. The Morgan fingerprint density at radius 2 is 2.29 bits per heavy atom. The minimum Gasteiger partial charge on any atom is -0.476 e. The van der Waals surface area contributed by atoms with E-state index in [2.05, 4.69) is 10.1 Å². The van der Waals surface area contributed by atoms with Crippen molar-refractivity contribution in [2.45, 2.75) is 0 Å². The van der Waals surface area contributed by atoms with E-state index in [1.807, 2.05) is 18.2 Å². The Bertz CT molecular complexity index is 701. The van der Waals surface area contributed by atoms with Crippen LogP contribution >= 0.6 is 11.3 Å². The summed E-state index contributed by atoms with van der Waals surface area (Å²) in [6.45, 7) is 0. The molecular formula is C11H6N2O3S. The quantitative estimate of drug-likeness (QED) is 0.752. The zero-order valence-corrected chi connectivity index (χ0v) is 9.27. The Morgan fingerprint density at radius 3 is 3.06 bits per heavy atom. The largest absolute Gasteiger partial charge is 0.476 e. The number of hydrogen-bond acceptors (Lipinski definition) is 5. The lowest BCUT2D eigenvalue weighted by Crippen LogP contribution is -1.94. The third kappa shape index (κ3) is 1.58. The molecule has 0 amide bonds. The third-order valence-electron chi connectivity index (χ3n) is 2.35. The maximum Gasteiger partial charge on any atom is 0.358 e. The first-order chi connectivity index (χ1) is 8.25. The zero-order valence-electron chi connectivity index (χ0n) is 8.45. The van der Waals surface area contributed by atoms with E-state index < -0.39 is 5.97 Å². The summed E-state index contributed by atoms with van der Waals surface area (Å²) in [6.07, 6.45) is 0. The summed E-state index contributed by atoms with van der Waals surface area (Å²) < 4.78 is 6.00. The Morgan fingerprint density at radius 1 is 1.41 bits per heavy atom. The number of benzene rings is 1. The van der Waals surface area contributed by atoms with Gasteiger partial charge in [0.25, 0.3) is 0 Å². The lowest BCUT2D eigenvalue weighted by molar-refractivity contribution is 0.0686. The van der Waals surface area contributed by atoms with E-state index in [0.717, 1.165) is 15.8 Å². The standard InChI is InChI=1S/C11H6N2O3S/c14-11(15)8-4-9(16-13-8)6-2-1-3-7-10(6)17-5-12-7/h1-5H,(H,14,15). The molecule has 0 spiro atoms. The predicted molar refractivity (Wildman–Crippen MR) is 62.1 cm³/mol. The third-order valence-corrected chi connectivity index (χ3v) is 3.23. The minimum absolute atomic E-state index is 0.0958. The summed E-state index contributed by atoms with van der Waals surface area (Å²) in [7, 11) is 0. The van der Waals surface area contributed by atoms with Gasteiger partial charge in [0.15, 0.2) is 11.5 Å². The van der Waals surface area contributed by atoms with Gasteiger partial charge >= 0.3 is 5.97 Å². The minimum atomic E-state index is -1.10. The molecule has 2 aromatic heterocycles. The van der Waals surface area contributed by atoms with Gasteiger partial charge in [-0.25, -0.2) is 9.78 Å². The van der Waals surface area contributed by atoms with Crippen molar-refractivity contribution in [3.8, 4) is 11.3 Å². The van der Waals surface area contributed by atoms with E-state index in [4.69, 9.17) is 9.63 Å². The van der Waals surface area contributed by atoms with Gasteiger partial charge in [0, 0.05) is 11.6 Å². The van der Waals surface area contributed by atoms with E-state index in [9.17, 15) is 4.79 Å². The summed E-state index contributed by atoms with van der Waals surface area (Å²) >= 11 is 1.48. The number of fused-ring (bicyclic) bond motifs is 1. The fraction of sp³-hybridized carbons (Fsp3) is 0. The van der Waals surface area contributed by atoms with Gasteiger partial charge in [-0.15, -0.1) is 11.3 Å². The number of nitrogens with zero attached hydrogens (tertiary/aromatic N) is 2. The highest BCUT2D eigenvalue weighted by Crippen LogP contribution is 2.31. The Labute approximate surface area is 99.3 Å². The summed E-state index contributed by atoms with van der Waals surface area (Å²) in [5.41, 5.74) is 3.31. The van der Waals surface area contributed by atoms with E-state index >= 15 is 0 Å². The van der Waals surface area contributed by atoms with Crippen molar-refractivity contribution in [1.29, 1.82) is 0 Å². The SMILES string of the molecule is O=C(O)c1cc(-c2cccc3ncsc23)on1. The van der Waals surface area contributed by atoms with Crippen molar-refractivity contribution in [3.63, 3.8) is 0 Å². The molecule has 1 N–H and O–H groups in total. The second-order valence-corrected chi connectivity index (χ2v) is 4.24. The molecule has 0 bridgehead atoms. The van der Waals surface area contributed by atoms with Gasteiger partial charge in [0.2, 0.25) is 0 Å². The van der Waals surface area contributed by atoms with Crippen LogP contribution in [0.3, 0.4) is 0 Å². The first-order valence-corrected chi connectivity index (χ1v) is 5.66. The first kappa shape index (κ1) is 9.98. The average molecular weight is 246 g/mol. The highest BCUT2D eigenvalue weighted by atomic mass is 32.1. The maximum atomic E-state index is 10.7. The van der Waals surface area contributed by atoms with Crippen LogP contribution in [0.5, 0.6) is 0 Å². The van der Waals surface area contributed by atoms with E-state index in [1.54, 1.807) is 5.51 Å². The van der Waals surface area contributed by atoms with E-state index in [-0.39, 0.29) is 5.69 Å². The molecule has 0 aliphatic heterocycles. The van der Waals surface area contributed by atoms with Crippen molar-refractivity contribution in [3.05, 3.63) is 35.5 Å². The van der Waals surface area contributed by atoms with Gasteiger partial charge in [-0.2, -0.15) is 0 Å². The number of thiazole rings is 1. The summed E-state index contributed by atoms with van der Waals surface area (Å²) in [5, 5.41) is 12.3. The van der Waals surface area contributed by atoms with Crippen molar-refractivity contribution in [2.75, 3.05) is 0 Å². The lowest BCUT2D eigenvalue weighted by atomic mass is 10.1. The molecule has 0 aliphatic rings. The highest BCUT2D eigenvalue weighted by Gasteiger charge is 2.14. The number of rotatable bonds is 2. The molecule has 0 saturated carbocycles. The number of aromatic carboxylic acids is 1. The number of carboxylic acids is 1. The second kappa shape index (κ2) is 3.67. The van der Waals surface area contributed by atoms with Gasteiger partial charge in [-0.1, -0.05) is 11.2 Å². The molecule has 6 heteroatoms. The number of hydrogen-bond donors (Lipinski definition) is 1. The zero-order chi connectivity index (χ0) is 11.8. The first-order valence-electron chi connectivity index (χ1n) is 4.78. The van der Waals surface area contributed by atoms with Crippen LogP contribution in [0.4, 0.5) is 0 Å². The monoisotopic (exact) mass is 246 g/mol. The Hall–Kier alpha value is -2.21.